The minimum Gasteiger partial charge on any atom is -0.382 e. The Bertz CT molecular complexity index is 793. The van der Waals surface area contributed by atoms with Crippen molar-refractivity contribution in [1.82, 2.24) is 15.3 Å². The minimum atomic E-state index is -0.682. The number of hydrogen-bond acceptors (Lipinski definition) is 7. The first kappa shape index (κ1) is 18.2. The van der Waals surface area contributed by atoms with Gasteiger partial charge in [0.2, 0.25) is 5.91 Å². The number of likely N-dealkylation sites (N-methyl/N-ethyl adjacent to an activating group) is 1. The molecular weight excluding hydrogens is 318 g/mol. The Morgan fingerprint density at radius 1 is 1.36 bits per heavy atom. The Morgan fingerprint density at radius 3 is 2.76 bits per heavy atom. The van der Waals surface area contributed by atoms with E-state index in [9.17, 15) is 10.1 Å². The van der Waals surface area contributed by atoms with Crippen molar-refractivity contribution in [1.29, 1.82) is 5.26 Å². The zero-order chi connectivity index (χ0) is 18.4. The molecule has 0 aromatic carbocycles. The van der Waals surface area contributed by atoms with E-state index in [-0.39, 0.29) is 18.1 Å². The Morgan fingerprint density at radius 2 is 2.12 bits per heavy atom. The number of nitrogens with zero attached hydrogens (tertiary/aromatic N) is 3. The van der Waals surface area contributed by atoms with Gasteiger partial charge in [-0.1, -0.05) is 0 Å². The molecule has 130 valence electrons. The fourth-order valence-corrected chi connectivity index (χ4v) is 2.30. The van der Waals surface area contributed by atoms with Crippen molar-refractivity contribution >= 4 is 23.1 Å². The molecule has 0 bridgehead atoms. The van der Waals surface area contributed by atoms with Crippen LogP contribution in [0.5, 0.6) is 0 Å². The van der Waals surface area contributed by atoms with Crippen molar-refractivity contribution in [3.05, 3.63) is 41.3 Å². The van der Waals surface area contributed by atoms with Gasteiger partial charge in [0, 0.05) is 19.3 Å². The molecule has 2 aromatic rings. The number of amides is 1. The summed E-state index contributed by atoms with van der Waals surface area (Å²) in [5.74, 6) is 0.377. The first-order valence-electron chi connectivity index (χ1n) is 7.76. The fraction of sp³-hybridized carbons (Fsp3) is 0.294. The molecule has 0 saturated carbocycles. The van der Waals surface area contributed by atoms with Crippen LogP contribution in [0.3, 0.4) is 0 Å². The Labute approximate surface area is 146 Å². The Balaban J connectivity index is 2.19. The molecule has 0 fully saturated rings. The van der Waals surface area contributed by atoms with E-state index in [0.717, 1.165) is 11.3 Å². The molecule has 1 amide bonds. The predicted molar refractivity (Wildman–Crippen MR) is 96.5 cm³/mol. The maximum Gasteiger partial charge on any atom is 0.238 e. The van der Waals surface area contributed by atoms with Crippen LogP contribution in [0, 0.1) is 25.2 Å². The number of aryl methyl sites for hydroxylation is 2. The molecule has 0 saturated heterocycles. The highest BCUT2D eigenvalue weighted by atomic mass is 16.2. The van der Waals surface area contributed by atoms with E-state index in [0.29, 0.717) is 17.2 Å². The van der Waals surface area contributed by atoms with Gasteiger partial charge in [-0.15, -0.1) is 0 Å². The summed E-state index contributed by atoms with van der Waals surface area (Å²) in [7, 11) is 1.53. The number of anilines is 3. The molecule has 0 aliphatic carbocycles. The Kier molecular flexibility index (Phi) is 5.87. The third-order valence-corrected chi connectivity index (χ3v) is 3.46. The number of nitrogens with one attached hydrogen (secondary N) is 3. The predicted octanol–water partition coefficient (Wildman–Crippen LogP) is 1.19. The number of carbonyl (C=O) groups is 1. The highest BCUT2D eigenvalue weighted by molar-refractivity contribution is 5.81. The van der Waals surface area contributed by atoms with E-state index in [2.05, 4.69) is 25.9 Å². The lowest BCUT2D eigenvalue weighted by molar-refractivity contribution is -0.121. The molecule has 1 atom stereocenters. The molecule has 0 unspecified atom stereocenters. The lowest BCUT2D eigenvalue weighted by Gasteiger charge is -2.14. The average molecular weight is 339 g/mol. The molecule has 2 heterocycles. The van der Waals surface area contributed by atoms with Crippen molar-refractivity contribution < 1.29 is 4.79 Å². The van der Waals surface area contributed by atoms with Crippen molar-refractivity contribution in [2.75, 3.05) is 24.2 Å². The number of carbonyl (C=O) groups excluding carboxylic acids is 1. The summed E-state index contributed by atoms with van der Waals surface area (Å²) in [6.45, 7) is 4.12. The van der Waals surface area contributed by atoms with Crippen LogP contribution in [0.1, 0.15) is 17.0 Å². The zero-order valence-corrected chi connectivity index (χ0v) is 14.4. The second-order valence-electron chi connectivity index (χ2n) is 5.63. The molecule has 0 aliphatic heterocycles. The van der Waals surface area contributed by atoms with Crippen LogP contribution >= 0.6 is 0 Å². The number of nitrogens with two attached hydrogens (primary N) is 1. The van der Waals surface area contributed by atoms with Crippen LogP contribution in [-0.4, -0.2) is 35.5 Å². The first-order valence-corrected chi connectivity index (χ1v) is 7.76. The normalized spacial score (nSPS) is 11.3. The van der Waals surface area contributed by atoms with Crippen LogP contribution in [0.4, 0.5) is 17.2 Å². The van der Waals surface area contributed by atoms with Crippen molar-refractivity contribution in [3.63, 3.8) is 0 Å². The van der Waals surface area contributed by atoms with Crippen molar-refractivity contribution in [3.8, 4) is 6.07 Å². The highest BCUT2D eigenvalue weighted by Gasteiger charge is 2.12. The summed E-state index contributed by atoms with van der Waals surface area (Å²) in [5, 5.41) is 17.9. The monoisotopic (exact) mass is 339 g/mol. The van der Waals surface area contributed by atoms with Gasteiger partial charge in [-0.05, 0) is 37.6 Å². The van der Waals surface area contributed by atoms with E-state index in [1.165, 1.54) is 13.2 Å². The standard InChI is InChI=1S/C17H21N7O/c1-10-4-11(2)23-16(5-10)24-14-6-12(8-22-15(14)7-18)21-9-13(19)17(25)20-3/h4-6,8,13,21H,9,19H2,1-3H3,(H,20,25)(H,23,24)/t13-/m0/s1. The zero-order valence-electron chi connectivity index (χ0n) is 14.4. The van der Waals surface area contributed by atoms with Gasteiger partial charge in [-0.25, -0.2) is 9.97 Å². The topological polar surface area (TPSA) is 129 Å². The van der Waals surface area contributed by atoms with E-state index in [4.69, 9.17) is 5.73 Å². The van der Waals surface area contributed by atoms with Gasteiger partial charge in [-0.2, -0.15) is 5.26 Å². The number of nitriles is 1. The molecule has 2 rings (SSSR count). The lowest BCUT2D eigenvalue weighted by atomic mass is 10.2. The van der Waals surface area contributed by atoms with E-state index < -0.39 is 6.04 Å². The summed E-state index contributed by atoms with van der Waals surface area (Å²) >= 11 is 0. The molecule has 8 heteroatoms. The largest absolute Gasteiger partial charge is 0.382 e. The van der Waals surface area contributed by atoms with E-state index >= 15 is 0 Å². The molecule has 0 aliphatic rings. The second-order valence-corrected chi connectivity index (χ2v) is 5.63. The van der Waals surface area contributed by atoms with Gasteiger partial charge in [0.25, 0.3) is 0 Å². The summed E-state index contributed by atoms with van der Waals surface area (Å²) in [4.78, 5) is 20.0. The van der Waals surface area contributed by atoms with E-state index in [1.807, 2.05) is 32.0 Å². The van der Waals surface area contributed by atoms with Crippen LogP contribution in [0.2, 0.25) is 0 Å². The summed E-state index contributed by atoms with van der Waals surface area (Å²) in [6.07, 6.45) is 1.52. The molecule has 5 N–H and O–H groups in total. The van der Waals surface area contributed by atoms with Crippen molar-refractivity contribution in [2.45, 2.75) is 19.9 Å². The molecule has 8 nitrogen and oxygen atoms in total. The van der Waals surface area contributed by atoms with Crippen molar-refractivity contribution in [2.24, 2.45) is 5.73 Å². The lowest BCUT2D eigenvalue weighted by Crippen LogP contribution is -2.43. The Hall–Kier alpha value is -3.18. The first-order chi connectivity index (χ1) is 11.9. The quantitative estimate of drug-likeness (QED) is 0.622. The smallest absolute Gasteiger partial charge is 0.238 e. The van der Waals surface area contributed by atoms with Gasteiger partial charge in [0.05, 0.1) is 17.6 Å². The second kappa shape index (κ2) is 8.08. The summed E-state index contributed by atoms with van der Waals surface area (Å²) in [6, 6.07) is 6.95. The molecule has 0 radical (unpaired) electrons. The third kappa shape index (κ3) is 4.89. The molecule has 25 heavy (non-hydrogen) atoms. The molecule has 2 aromatic heterocycles. The van der Waals surface area contributed by atoms with Crippen LogP contribution in [0.15, 0.2) is 24.4 Å². The number of pyridine rings is 2. The average Bonchev–Trinajstić information content (AvgIpc) is 2.58. The maximum atomic E-state index is 11.4. The number of rotatable bonds is 6. The van der Waals surface area contributed by atoms with Gasteiger partial charge in [0.1, 0.15) is 17.9 Å². The fourth-order valence-electron chi connectivity index (χ4n) is 2.30. The van der Waals surface area contributed by atoms with Crippen LogP contribution in [0.25, 0.3) is 0 Å². The molecular formula is C17H21N7O. The maximum absolute atomic E-state index is 11.4. The minimum absolute atomic E-state index is 0.245. The van der Waals surface area contributed by atoms with Gasteiger partial charge in [-0.3, -0.25) is 4.79 Å². The van der Waals surface area contributed by atoms with Gasteiger partial charge in [0.15, 0.2) is 5.69 Å². The summed E-state index contributed by atoms with van der Waals surface area (Å²) < 4.78 is 0. The summed E-state index contributed by atoms with van der Waals surface area (Å²) in [5.41, 5.74) is 9.11. The van der Waals surface area contributed by atoms with Crippen LogP contribution in [-0.2, 0) is 4.79 Å². The van der Waals surface area contributed by atoms with Gasteiger partial charge < -0.3 is 21.7 Å². The SMILES string of the molecule is CNC(=O)[C@@H](N)CNc1cnc(C#N)c(Nc2cc(C)cc(C)n2)c1. The number of hydrogen-bond donors (Lipinski definition) is 4. The van der Waals surface area contributed by atoms with Gasteiger partial charge >= 0.3 is 0 Å². The number of aromatic nitrogens is 2. The van der Waals surface area contributed by atoms with Crippen LogP contribution < -0.4 is 21.7 Å². The highest BCUT2D eigenvalue weighted by Crippen LogP contribution is 2.22. The van der Waals surface area contributed by atoms with E-state index in [1.54, 1.807) is 6.07 Å². The third-order valence-electron chi connectivity index (χ3n) is 3.46. The molecule has 0 spiro atoms.